The molecule has 2 unspecified atom stereocenters. The van der Waals surface area contributed by atoms with Crippen LogP contribution >= 0.6 is 0 Å². The van der Waals surface area contributed by atoms with Gasteiger partial charge >= 0.3 is 5.97 Å². The summed E-state index contributed by atoms with van der Waals surface area (Å²) in [5, 5.41) is 0. The highest BCUT2D eigenvalue weighted by atomic mass is 17.3. The summed E-state index contributed by atoms with van der Waals surface area (Å²) in [6, 6.07) is 0. The van der Waals surface area contributed by atoms with Crippen molar-refractivity contribution in [3.63, 3.8) is 0 Å². The van der Waals surface area contributed by atoms with Crippen LogP contribution in [0.3, 0.4) is 0 Å². The maximum Gasteiger partial charge on any atom is 0.336 e. The fourth-order valence-electron chi connectivity index (χ4n) is 4.46. The molecule has 5 rings (SSSR count). The molecule has 6 atom stereocenters. The second-order valence-electron chi connectivity index (χ2n) is 6.79. The molecule has 0 amide bonds. The summed E-state index contributed by atoms with van der Waals surface area (Å²) in [6.07, 6.45) is 2.95. The zero-order valence-electron chi connectivity index (χ0n) is 11.9. The molecule has 110 valence electrons. The Morgan fingerprint density at radius 3 is 2.85 bits per heavy atom. The first kappa shape index (κ1) is 12.8. The van der Waals surface area contributed by atoms with Gasteiger partial charge in [0.15, 0.2) is 5.60 Å². The second kappa shape index (κ2) is 3.84. The molecule has 0 aromatic rings. The van der Waals surface area contributed by atoms with Gasteiger partial charge in [-0.3, -0.25) is 0 Å². The van der Waals surface area contributed by atoms with Crippen molar-refractivity contribution in [2.24, 2.45) is 17.8 Å². The molecular weight excluding hydrogens is 260 g/mol. The Morgan fingerprint density at radius 1 is 1.25 bits per heavy atom. The minimum atomic E-state index is -0.823. The molecule has 5 nitrogen and oxygen atoms in total. The molecule has 1 aliphatic carbocycles. The largest absolute Gasteiger partial charge is 0.429 e. The molecule has 0 aromatic heterocycles. The van der Waals surface area contributed by atoms with Crippen LogP contribution in [0.25, 0.3) is 0 Å². The van der Waals surface area contributed by atoms with E-state index in [0.29, 0.717) is 11.5 Å². The molecule has 5 heteroatoms. The minimum Gasteiger partial charge on any atom is -0.429 e. The molecule has 1 spiro atoms. The SMILES string of the molecule is C=C1C(=O)O[C@@H]2OC3(C)CCC4[C@H](C)CC[C@@H]1[C@]42OO3. The molecule has 5 fully saturated rings. The van der Waals surface area contributed by atoms with E-state index in [1.807, 2.05) is 6.92 Å². The lowest BCUT2D eigenvalue weighted by Gasteiger charge is -2.56. The third kappa shape index (κ3) is 1.41. The summed E-state index contributed by atoms with van der Waals surface area (Å²) < 4.78 is 11.5. The summed E-state index contributed by atoms with van der Waals surface area (Å²) in [7, 11) is 0. The third-order valence-electron chi connectivity index (χ3n) is 5.62. The predicted molar refractivity (Wildman–Crippen MR) is 68.0 cm³/mol. The van der Waals surface area contributed by atoms with Crippen molar-refractivity contribution in [3.8, 4) is 0 Å². The molecular formula is C15H20O5. The van der Waals surface area contributed by atoms with Crippen molar-refractivity contribution >= 4 is 5.97 Å². The first-order chi connectivity index (χ1) is 9.46. The number of esters is 1. The average Bonchev–Trinajstić information content (AvgIpc) is 2.63. The van der Waals surface area contributed by atoms with Gasteiger partial charge in [0.2, 0.25) is 12.1 Å². The molecule has 5 aliphatic rings. The van der Waals surface area contributed by atoms with Crippen LogP contribution in [0.15, 0.2) is 12.2 Å². The van der Waals surface area contributed by atoms with E-state index >= 15 is 0 Å². The van der Waals surface area contributed by atoms with Crippen molar-refractivity contribution < 1.29 is 24.0 Å². The third-order valence-corrected chi connectivity index (χ3v) is 5.62. The Kier molecular flexibility index (Phi) is 2.46. The van der Waals surface area contributed by atoms with Crippen molar-refractivity contribution in [3.05, 3.63) is 12.2 Å². The Hall–Kier alpha value is -0.910. The maximum atomic E-state index is 12.0. The van der Waals surface area contributed by atoms with Crippen molar-refractivity contribution in [2.75, 3.05) is 0 Å². The zero-order chi connectivity index (χ0) is 14.1. The summed E-state index contributed by atoms with van der Waals surface area (Å²) in [6.45, 7) is 8.00. The monoisotopic (exact) mass is 280 g/mol. The van der Waals surface area contributed by atoms with Crippen LogP contribution in [0.5, 0.6) is 0 Å². The van der Waals surface area contributed by atoms with Crippen LogP contribution in [0.1, 0.15) is 39.5 Å². The van der Waals surface area contributed by atoms with Crippen LogP contribution in [-0.2, 0) is 24.0 Å². The van der Waals surface area contributed by atoms with Gasteiger partial charge in [0.25, 0.3) is 0 Å². The van der Waals surface area contributed by atoms with Crippen molar-refractivity contribution in [2.45, 2.75) is 57.2 Å². The predicted octanol–water partition coefficient (Wildman–Crippen LogP) is 2.32. The Labute approximate surface area is 118 Å². The topological polar surface area (TPSA) is 54.0 Å². The van der Waals surface area contributed by atoms with E-state index in [-0.39, 0.29) is 17.8 Å². The van der Waals surface area contributed by atoms with Gasteiger partial charge in [-0.2, -0.15) is 0 Å². The van der Waals surface area contributed by atoms with Crippen LogP contribution in [0.2, 0.25) is 0 Å². The van der Waals surface area contributed by atoms with Gasteiger partial charge in [0.05, 0.1) is 0 Å². The molecule has 0 aromatic carbocycles. The number of fused-ring (bicyclic) bond motifs is 2. The molecule has 4 aliphatic heterocycles. The smallest absolute Gasteiger partial charge is 0.336 e. The van der Waals surface area contributed by atoms with E-state index in [1.54, 1.807) is 0 Å². The lowest BCUT2D eigenvalue weighted by molar-refractivity contribution is -0.554. The van der Waals surface area contributed by atoms with Gasteiger partial charge in [0.1, 0.15) is 0 Å². The Balaban J connectivity index is 1.86. The lowest BCUT2D eigenvalue weighted by Crippen LogP contribution is -2.68. The van der Waals surface area contributed by atoms with Crippen LogP contribution in [0.4, 0.5) is 0 Å². The Bertz CT molecular complexity index is 489. The number of carbonyl (C=O) groups excluding carboxylic acids is 1. The maximum absolute atomic E-state index is 12.0. The standard InChI is InChI=1S/C15H20O5/c1-8-4-5-11-9(2)12(16)17-13-15(11)10(8)6-7-14(3,18-13)19-20-15/h8,10-11,13H,2,4-7H2,1,3H3/t8-,10?,11+,13-,14?,15-/m1/s1. The van der Waals surface area contributed by atoms with Gasteiger partial charge in [-0.15, -0.1) is 0 Å². The lowest BCUT2D eigenvalue weighted by atomic mass is 9.59. The molecule has 1 saturated carbocycles. The van der Waals surface area contributed by atoms with Gasteiger partial charge in [-0.05, 0) is 32.1 Å². The van der Waals surface area contributed by atoms with Gasteiger partial charge in [-0.1, -0.05) is 13.5 Å². The number of hydrogen-bond acceptors (Lipinski definition) is 5. The fourth-order valence-corrected chi connectivity index (χ4v) is 4.46. The van der Waals surface area contributed by atoms with Crippen LogP contribution in [0, 0.1) is 17.8 Å². The normalized spacial score (nSPS) is 54.1. The van der Waals surface area contributed by atoms with Crippen molar-refractivity contribution in [1.82, 2.24) is 0 Å². The molecule has 0 radical (unpaired) electrons. The highest BCUT2D eigenvalue weighted by molar-refractivity contribution is 5.89. The summed E-state index contributed by atoms with van der Waals surface area (Å²) in [5.41, 5.74) is -0.213. The van der Waals surface area contributed by atoms with E-state index in [4.69, 9.17) is 19.2 Å². The molecule has 20 heavy (non-hydrogen) atoms. The van der Waals surface area contributed by atoms with E-state index in [9.17, 15) is 4.79 Å². The quantitative estimate of drug-likeness (QED) is 0.387. The fraction of sp³-hybridized carbons (Fsp3) is 0.800. The highest BCUT2D eigenvalue weighted by Crippen LogP contribution is 2.59. The average molecular weight is 280 g/mol. The molecule has 0 N–H and O–H groups in total. The minimum absolute atomic E-state index is 0.0717. The van der Waals surface area contributed by atoms with E-state index in [2.05, 4.69) is 13.5 Å². The Morgan fingerprint density at radius 2 is 2.05 bits per heavy atom. The highest BCUT2D eigenvalue weighted by Gasteiger charge is 2.69. The zero-order valence-corrected chi connectivity index (χ0v) is 11.9. The van der Waals surface area contributed by atoms with Crippen LogP contribution < -0.4 is 0 Å². The van der Waals surface area contributed by atoms with E-state index < -0.39 is 17.7 Å². The van der Waals surface area contributed by atoms with Gasteiger partial charge in [0, 0.05) is 23.8 Å². The first-order valence-electron chi connectivity index (χ1n) is 7.41. The number of carbonyl (C=O) groups is 1. The molecule has 4 heterocycles. The summed E-state index contributed by atoms with van der Waals surface area (Å²) in [5.74, 6) is -0.501. The van der Waals surface area contributed by atoms with Gasteiger partial charge < -0.3 is 9.47 Å². The van der Waals surface area contributed by atoms with E-state index in [1.165, 1.54) is 0 Å². The number of hydrogen-bond donors (Lipinski definition) is 0. The number of rotatable bonds is 0. The molecule has 4 saturated heterocycles. The number of ether oxygens (including phenoxy) is 2. The van der Waals surface area contributed by atoms with Crippen molar-refractivity contribution in [1.29, 1.82) is 0 Å². The molecule has 2 bridgehead atoms. The second-order valence-corrected chi connectivity index (χ2v) is 6.79. The summed E-state index contributed by atoms with van der Waals surface area (Å²) >= 11 is 0. The van der Waals surface area contributed by atoms with E-state index in [0.717, 1.165) is 25.7 Å². The van der Waals surface area contributed by atoms with Gasteiger partial charge in [-0.25, -0.2) is 14.6 Å². The first-order valence-corrected chi connectivity index (χ1v) is 7.41. The van der Waals surface area contributed by atoms with Crippen LogP contribution in [-0.4, -0.2) is 23.6 Å². The summed E-state index contributed by atoms with van der Waals surface area (Å²) in [4.78, 5) is 23.5.